The molecule has 1 saturated heterocycles. The quantitative estimate of drug-likeness (QED) is 0.282. The largest absolute Gasteiger partial charge is 0.396 e. The van der Waals surface area contributed by atoms with Crippen molar-refractivity contribution < 1.29 is 19.5 Å². The van der Waals surface area contributed by atoms with Gasteiger partial charge in [-0.3, -0.25) is 14.4 Å². The van der Waals surface area contributed by atoms with Gasteiger partial charge >= 0.3 is 0 Å². The van der Waals surface area contributed by atoms with Crippen molar-refractivity contribution in [1.29, 1.82) is 0 Å². The first-order chi connectivity index (χ1) is 13.9. The number of aliphatic hydroxyl groups excluding tert-OH is 1. The summed E-state index contributed by atoms with van der Waals surface area (Å²) in [5, 5.41) is 11.6. The molecule has 0 aromatic heterocycles. The highest BCUT2D eigenvalue weighted by atomic mass is 16.3. The van der Waals surface area contributed by atoms with Gasteiger partial charge in [0.2, 0.25) is 17.7 Å². The molecule has 1 aliphatic rings. The molecule has 0 saturated carbocycles. The molecule has 0 spiro atoms. The summed E-state index contributed by atoms with van der Waals surface area (Å²) >= 11 is 0. The first-order valence-corrected chi connectivity index (χ1v) is 11.1. The molecule has 0 aliphatic carbocycles. The van der Waals surface area contributed by atoms with Gasteiger partial charge in [-0.2, -0.15) is 0 Å². The van der Waals surface area contributed by atoms with Gasteiger partial charge < -0.3 is 26.8 Å². The van der Waals surface area contributed by atoms with E-state index < -0.39 is 18.0 Å². The van der Waals surface area contributed by atoms with Gasteiger partial charge in [0.15, 0.2) is 0 Å². The fraction of sp³-hybridized carbons (Fsp3) is 0.857. The Kier molecular flexibility index (Phi) is 12.5. The highest BCUT2D eigenvalue weighted by Gasteiger charge is 2.42. The van der Waals surface area contributed by atoms with Crippen molar-refractivity contribution in [2.45, 2.75) is 102 Å². The Labute approximate surface area is 174 Å². The van der Waals surface area contributed by atoms with Crippen LogP contribution in [-0.2, 0) is 14.4 Å². The van der Waals surface area contributed by atoms with E-state index in [4.69, 9.17) is 16.6 Å². The van der Waals surface area contributed by atoms with Gasteiger partial charge in [0.25, 0.3) is 0 Å². The van der Waals surface area contributed by atoms with E-state index in [1.54, 1.807) is 4.90 Å². The predicted octanol–water partition coefficient (Wildman–Crippen LogP) is 1.19. The van der Waals surface area contributed by atoms with E-state index in [1.165, 1.54) is 0 Å². The van der Waals surface area contributed by atoms with Crippen LogP contribution in [-0.4, -0.2) is 59.0 Å². The van der Waals surface area contributed by atoms with Gasteiger partial charge in [0, 0.05) is 19.1 Å². The van der Waals surface area contributed by atoms with E-state index in [9.17, 15) is 14.4 Å². The molecule has 1 fully saturated rings. The summed E-state index contributed by atoms with van der Waals surface area (Å²) in [6.07, 6.45) is 9.92. The maximum Gasteiger partial charge on any atom is 0.246 e. The number of amides is 3. The Bertz CT molecular complexity index is 515. The molecule has 3 unspecified atom stereocenters. The number of unbranched alkanes of at least 4 members (excludes halogenated alkanes) is 7. The second-order valence-corrected chi connectivity index (χ2v) is 8.10. The Morgan fingerprint density at radius 2 is 1.72 bits per heavy atom. The van der Waals surface area contributed by atoms with E-state index in [-0.39, 0.29) is 24.5 Å². The number of primary amides is 1. The second-order valence-electron chi connectivity index (χ2n) is 8.10. The molecule has 8 nitrogen and oxygen atoms in total. The molecular formula is C21H40N4O4. The highest BCUT2D eigenvalue weighted by Crippen LogP contribution is 2.24. The molecule has 1 heterocycles. The molecule has 3 atom stereocenters. The maximum absolute atomic E-state index is 12.8. The summed E-state index contributed by atoms with van der Waals surface area (Å²) in [7, 11) is 0. The molecule has 1 rings (SSSR count). The fourth-order valence-corrected chi connectivity index (χ4v) is 3.98. The third-order valence-electron chi connectivity index (χ3n) is 5.60. The van der Waals surface area contributed by atoms with Crippen LogP contribution in [0.5, 0.6) is 0 Å². The molecular weight excluding hydrogens is 372 g/mol. The summed E-state index contributed by atoms with van der Waals surface area (Å²) in [6.45, 7) is 2.68. The fourth-order valence-electron chi connectivity index (χ4n) is 3.98. The molecule has 0 aromatic rings. The van der Waals surface area contributed by atoms with E-state index in [2.05, 4.69) is 5.32 Å². The van der Waals surface area contributed by atoms with Crippen LogP contribution in [0.25, 0.3) is 0 Å². The van der Waals surface area contributed by atoms with Crippen molar-refractivity contribution in [2.24, 2.45) is 11.5 Å². The maximum atomic E-state index is 12.8. The zero-order valence-electron chi connectivity index (χ0n) is 17.9. The molecule has 0 bridgehead atoms. The van der Waals surface area contributed by atoms with Crippen LogP contribution in [0.15, 0.2) is 0 Å². The van der Waals surface area contributed by atoms with Gasteiger partial charge in [-0.05, 0) is 52.0 Å². The number of nitrogens with one attached hydrogen (secondary N) is 1. The van der Waals surface area contributed by atoms with Gasteiger partial charge in [-0.15, -0.1) is 0 Å². The number of carbonyl (C=O) groups is 3. The first-order valence-electron chi connectivity index (χ1n) is 11.1. The summed E-state index contributed by atoms with van der Waals surface area (Å²) in [4.78, 5) is 38.5. The predicted molar refractivity (Wildman–Crippen MR) is 113 cm³/mol. The zero-order valence-corrected chi connectivity index (χ0v) is 17.9. The minimum absolute atomic E-state index is 0.114. The minimum atomic E-state index is -0.642. The normalized spacial score (nSPS) is 20.1. The van der Waals surface area contributed by atoms with Gasteiger partial charge in [-0.25, -0.2) is 0 Å². The van der Waals surface area contributed by atoms with Crippen LogP contribution in [0.4, 0.5) is 0 Å². The molecule has 3 amide bonds. The molecule has 1 aliphatic heterocycles. The summed E-state index contributed by atoms with van der Waals surface area (Å²) in [5.41, 5.74) is 11.0. The number of carbonyl (C=O) groups excluding carboxylic acids is 3. The van der Waals surface area contributed by atoms with Gasteiger partial charge in [-0.1, -0.05) is 32.1 Å². The number of hydrogen-bond donors (Lipinski definition) is 4. The van der Waals surface area contributed by atoms with Gasteiger partial charge in [0.1, 0.15) is 12.1 Å². The number of nitrogens with two attached hydrogens (primary N) is 2. The smallest absolute Gasteiger partial charge is 0.246 e. The lowest BCUT2D eigenvalue weighted by molar-refractivity contribution is -0.139. The van der Waals surface area contributed by atoms with Crippen molar-refractivity contribution >= 4 is 17.7 Å². The lowest BCUT2D eigenvalue weighted by Crippen LogP contribution is -2.50. The number of hydrogen-bond acceptors (Lipinski definition) is 5. The average Bonchev–Trinajstić information content (AvgIpc) is 2.94. The monoisotopic (exact) mass is 412 g/mol. The van der Waals surface area contributed by atoms with E-state index >= 15 is 0 Å². The summed E-state index contributed by atoms with van der Waals surface area (Å²) < 4.78 is 0. The first kappa shape index (κ1) is 25.4. The molecule has 0 radical (unpaired) electrons. The SMILES string of the molecule is CC1CC(NC(=O)CCCCCCCCCO)C(=O)N1C(CCCCN)C(N)=O. The number of rotatable bonds is 16. The highest BCUT2D eigenvalue weighted by molar-refractivity contribution is 5.93. The molecule has 0 aromatic carbocycles. The summed E-state index contributed by atoms with van der Waals surface area (Å²) in [5.74, 6) is -0.837. The van der Waals surface area contributed by atoms with Crippen LogP contribution < -0.4 is 16.8 Å². The number of nitrogens with zero attached hydrogens (tertiary/aromatic N) is 1. The lowest BCUT2D eigenvalue weighted by Gasteiger charge is -2.29. The van der Waals surface area contributed by atoms with E-state index in [1.807, 2.05) is 6.92 Å². The Morgan fingerprint density at radius 1 is 1.10 bits per heavy atom. The molecule has 8 heteroatoms. The van der Waals surface area contributed by atoms with E-state index in [0.29, 0.717) is 25.8 Å². The van der Waals surface area contributed by atoms with Crippen molar-refractivity contribution in [3.05, 3.63) is 0 Å². The molecule has 29 heavy (non-hydrogen) atoms. The number of likely N-dealkylation sites (tertiary alicyclic amines) is 1. The minimum Gasteiger partial charge on any atom is -0.396 e. The van der Waals surface area contributed by atoms with Crippen LogP contribution in [0.1, 0.15) is 84.0 Å². The third-order valence-corrected chi connectivity index (χ3v) is 5.60. The van der Waals surface area contributed by atoms with Crippen molar-refractivity contribution in [1.82, 2.24) is 10.2 Å². The number of aliphatic hydroxyl groups is 1. The zero-order chi connectivity index (χ0) is 21.6. The van der Waals surface area contributed by atoms with Crippen molar-refractivity contribution in [2.75, 3.05) is 13.2 Å². The topological polar surface area (TPSA) is 139 Å². The molecule has 168 valence electrons. The average molecular weight is 413 g/mol. The van der Waals surface area contributed by atoms with Gasteiger partial charge in [0.05, 0.1) is 0 Å². The Morgan fingerprint density at radius 3 is 2.31 bits per heavy atom. The standard InChI is InChI=1S/C21H40N4O4/c1-16-15-17(21(29)25(16)18(20(23)28)11-8-9-13-22)24-19(27)12-7-5-3-2-4-6-10-14-26/h16-18,26H,2-15,22H2,1H3,(H2,23,28)(H,24,27). The summed E-state index contributed by atoms with van der Waals surface area (Å²) in [6, 6.07) is -1.36. The van der Waals surface area contributed by atoms with Crippen molar-refractivity contribution in [3.8, 4) is 0 Å². The van der Waals surface area contributed by atoms with E-state index in [0.717, 1.165) is 57.8 Å². The van der Waals surface area contributed by atoms with Crippen molar-refractivity contribution in [3.63, 3.8) is 0 Å². The van der Waals surface area contributed by atoms with Crippen LogP contribution in [0, 0.1) is 0 Å². The van der Waals surface area contributed by atoms with Crippen LogP contribution in [0.2, 0.25) is 0 Å². The second kappa shape index (κ2) is 14.3. The van der Waals surface area contributed by atoms with Crippen LogP contribution in [0.3, 0.4) is 0 Å². The Balaban J connectivity index is 2.38. The lowest BCUT2D eigenvalue weighted by atomic mass is 10.1. The molecule has 6 N–H and O–H groups in total. The third kappa shape index (κ3) is 9.12. The van der Waals surface area contributed by atoms with Crippen LogP contribution >= 0.6 is 0 Å². The Hall–Kier alpha value is -1.67.